The molecule has 3 heteroatoms. The number of rotatable bonds is 4. The molecule has 1 aromatic heterocycles. The molecule has 0 aliphatic heterocycles. The molecule has 2 rings (SSSR count). The summed E-state index contributed by atoms with van der Waals surface area (Å²) < 4.78 is 6.19. The summed E-state index contributed by atoms with van der Waals surface area (Å²) in [5, 5.41) is 0. The maximum Gasteiger partial charge on any atom is 0.0951 e. The summed E-state index contributed by atoms with van der Waals surface area (Å²) in [5.74, 6) is 1.57. The van der Waals surface area contributed by atoms with Gasteiger partial charge in [-0.1, -0.05) is 13.8 Å². The van der Waals surface area contributed by atoms with E-state index in [-0.39, 0.29) is 6.10 Å². The minimum absolute atomic E-state index is 0.0126. The van der Waals surface area contributed by atoms with Crippen LogP contribution in [0.3, 0.4) is 0 Å². The lowest BCUT2D eigenvalue weighted by molar-refractivity contribution is -0.0449. The Hall–Kier alpha value is -0.930. The van der Waals surface area contributed by atoms with Crippen LogP contribution in [-0.4, -0.2) is 17.6 Å². The van der Waals surface area contributed by atoms with Crippen molar-refractivity contribution in [2.24, 2.45) is 17.6 Å². The third kappa shape index (κ3) is 3.30. The molecule has 4 unspecified atom stereocenters. The van der Waals surface area contributed by atoms with Gasteiger partial charge in [-0.2, -0.15) is 0 Å². The van der Waals surface area contributed by atoms with Crippen molar-refractivity contribution in [3.8, 4) is 0 Å². The van der Waals surface area contributed by atoms with Crippen LogP contribution >= 0.6 is 0 Å². The first-order valence-electron chi connectivity index (χ1n) is 6.96. The van der Waals surface area contributed by atoms with E-state index in [2.05, 4.69) is 18.8 Å². The molecule has 0 saturated heterocycles. The van der Waals surface area contributed by atoms with Crippen LogP contribution in [0.25, 0.3) is 0 Å². The Morgan fingerprint density at radius 3 is 2.61 bits per heavy atom. The molecule has 1 aromatic rings. The summed E-state index contributed by atoms with van der Waals surface area (Å²) >= 11 is 0. The smallest absolute Gasteiger partial charge is 0.0951 e. The fraction of sp³-hybridized carbons (Fsp3) is 0.667. The maximum absolute atomic E-state index is 6.19. The zero-order chi connectivity index (χ0) is 13.0. The number of pyridine rings is 1. The predicted octanol–water partition coefficient (Wildman–Crippen LogP) is 2.92. The van der Waals surface area contributed by atoms with Crippen molar-refractivity contribution in [3.63, 3.8) is 0 Å². The van der Waals surface area contributed by atoms with E-state index in [1.54, 1.807) is 12.4 Å². The van der Waals surface area contributed by atoms with E-state index in [4.69, 9.17) is 10.5 Å². The Morgan fingerprint density at radius 1 is 1.28 bits per heavy atom. The Bertz CT molecular complexity index is 355. The van der Waals surface area contributed by atoms with Gasteiger partial charge in [0.15, 0.2) is 0 Å². The second-order valence-electron chi connectivity index (χ2n) is 5.53. The van der Waals surface area contributed by atoms with Crippen LogP contribution in [0.1, 0.15) is 44.8 Å². The summed E-state index contributed by atoms with van der Waals surface area (Å²) in [4.78, 5) is 4.03. The molecule has 0 amide bonds. The molecule has 0 spiro atoms. The van der Waals surface area contributed by atoms with E-state index >= 15 is 0 Å². The number of hydrogen-bond acceptors (Lipinski definition) is 3. The first-order chi connectivity index (χ1) is 8.70. The second kappa shape index (κ2) is 6.30. The van der Waals surface area contributed by atoms with Gasteiger partial charge in [-0.25, -0.2) is 0 Å². The first kappa shape index (κ1) is 13.5. The monoisotopic (exact) mass is 248 g/mol. The fourth-order valence-corrected chi connectivity index (χ4v) is 2.70. The van der Waals surface area contributed by atoms with E-state index in [9.17, 15) is 0 Å². The summed E-state index contributed by atoms with van der Waals surface area (Å²) in [6, 6.07) is 3.98. The lowest BCUT2D eigenvalue weighted by atomic mass is 9.80. The van der Waals surface area contributed by atoms with E-state index < -0.39 is 0 Å². The van der Waals surface area contributed by atoms with E-state index in [1.165, 1.54) is 6.42 Å². The minimum atomic E-state index is 0.0126. The Morgan fingerprint density at radius 2 is 2.00 bits per heavy atom. The Kier molecular flexibility index (Phi) is 4.72. The number of nitrogens with zero attached hydrogens (tertiary/aromatic N) is 1. The topological polar surface area (TPSA) is 48.1 Å². The van der Waals surface area contributed by atoms with Gasteiger partial charge in [-0.05, 0) is 48.8 Å². The molecule has 100 valence electrons. The third-order valence-corrected chi connectivity index (χ3v) is 4.20. The number of aromatic nitrogens is 1. The molecule has 0 aromatic carbocycles. The highest BCUT2D eigenvalue weighted by molar-refractivity contribution is 5.13. The van der Waals surface area contributed by atoms with Crippen LogP contribution in [0, 0.1) is 11.8 Å². The fourth-order valence-electron chi connectivity index (χ4n) is 2.70. The lowest BCUT2D eigenvalue weighted by Crippen LogP contribution is -2.30. The van der Waals surface area contributed by atoms with Gasteiger partial charge >= 0.3 is 0 Å². The van der Waals surface area contributed by atoms with Gasteiger partial charge < -0.3 is 10.5 Å². The van der Waals surface area contributed by atoms with E-state index in [1.807, 2.05) is 12.1 Å². The van der Waals surface area contributed by atoms with Crippen LogP contribution in [0.2, 0.25) is 0 Å². The van der Waals surface area contributed by atoms with Crippen molar-refractivity contribution >= 4 is 0 Å². The van der Waals surface area contributed by atoms with E-state index in [0.29, 0.717) is 12.6 Å². The van der Waals surface area contributed by atoms with Crippen molar-refractivity contribution in [2.45, 2.75) is 45.3 Å². The molecular weight excluding hydrogens is 224 g/mol. The average molecular weight is 248 g/mol. The lowest BCUT2D eigenvalue weighted by Gasteiger charge is -2.34. The van der Waals surface area contributed by atoms with Gasteiger partial charge in [-0.15, -0.1) is 0 Å². The van der Waals surface area contributed by atoms with Gasteiger partial charge in [0.2, 0.25) is 0 Å². The zero-order valence-corrected chi connectivity index (χ0v) is 11.4. The van der Waals surface area contributed by atoms with Crippen LogP contribution in [0.5, 0.6) is 0 Å². The van der Waals surface area contributed by atoms with Crippen molar-refractivity contribution in [1.82, 2.24) is 4.98 Å². The summed E-state index contributed by atoms with van der Waals surface area (Å²) in [7, 11) is 0. The Balaban J connectivity index is 1.95. The van der Waals surface area contributed by atoms with Gasteiger partial charge in [0.1, 0.15) is 0 Å². The number of nitrogens with two attached hydrogens (primary N) is 1. The molecule has 0 bridgehead atoms. The van der Waals surface area contributed by atoms with Gasteiger partial charge in [-0.3, -0.25) is 4.98 Å². The van der Waals surface area contributed by atoms with Crippen molar-refractivity contribution in [1.29, 1.82) is 0 Å². The molecule has 4 atom stereocenters. The molecule has 1 aliphatic rings. The van der Waals surface area contributed by atoms with Crippen LogP contribution in [0.15, 0.2) is 24.5 Å². The minimum Gasteiger partial charge on any atom is -0.369 e. The highest BCUT2D eigenvalue weighted by Crippen LogP contribution is 2.33. The van der Waals surface area contributed by atoms with Crippen LogP contribution in [0.4, 0.5) is 0 Å². The Labute approximate surface area is 110 Å². The zero-order valence-electron chi connectivity index (χ0n) is 11.4. The molecule has 0 radical (unpaired) electrons. The normalized spacial score (nSPS) is 30.1. The van der Waals surface area contributed by atoms with E-state index in [0.717, 1.165) is 30.2 Å². The highest BCUT2D eigenvalue weighted by Gasteiger charge is 2.27. The summed E-state index contributed by atoms with van der Waals surface area (Å²) in [5.41, 5.74) is 6.98. The summed E-state index contributed by atoms with van der Waals surface area (Å²) in [6.07, 6.45) is 7.55. The van der Waals surface area contributed by atoms with Gasteiger partial charge in [0.25, 0.3) is 0 Å². The molecule has 18 heavy (non-hydrogen) atoms. The van der Waals surface area contributed by atoms with Gasteiger partial charge in [0, 0.05) is 18.9 Å². The average Bonchev–Trinajstić information content (AvgIpc) is 2.41. The standard InChI is InChI=1S/C15H24N2O/c1-11-3-4-14(9-12(11)2)18-15(10-16)13-5-7-17-8-6-13/h5-8,11-12,14-15H,3-4,9-10,16H2,1-2H3. The molecule has 2 N–H and O–H groups in total. The predicted molar refractivity (Wildman–Crippen MR) is 73.1 cm³/mol. The molecule has 1 heterocycles. The number of ether oxygens (including phenoxy) is 1. The first-order valence-corrected chi connectivity index (χ1v) is 6.96. The molecular formula is C15H24N2O. The quantitative estimate of drug-likeness (QED) is 0.891. The molecule has 3 nitrogen and oxygen atoms in total. The molecule has 1 saturated carbocycles. The van der Waals surface area contributed by atoms with Crippen molar-refractivity contribution in [2.75, 3.05) is 6.54 Å². The summed E-state index contributed by atoms with van der Waals surface area (Å²) in [6.45, 7) is 5.19. The largest absolute Gasteiger partial charge is 0.369 e. The van der Waals surface area contributed by atoms with Crippen molar-refractivity contribution < 1.29 is 4.74 Å². The van der Waals surface area contributed by atoms with Gasteiger partial charge in [0.05, 0.1) is 12.2 Å². The maximum atomic E-state index is 6.19. The second-order valence-corrected chi connectivity index (χ2v) is 5.53. The molecule has 1 fully saturated rings. The van der Waals surface area contributed by atoms with Crippen molar-refractivity contribution in [3.05, 3.63) is 30.1 Å². The van der Waals surface area contributed by atoms with Crippen LogP contribution in [-0.2, 0) is 4.74 Å². The third-order valence-electron chi connectivity index (χ3n) is 4.20. The molecule has 1 aliphatic carbocycles. The number of hydrogen-bond donors (Lipinski definition) is 1. The van der Waals surface area contributed by atoms with Crippen LogP contribution < -0.4 is 5.73 Å². The SMILES string of the molecule is CC1CCC(OC(CN)c2ccncc2)CC1C. The highest BCUT2D eigenvalue weighted by atomic mass is 16.5.